The number of carbonyl (C=O) groups excluding carboxylic acids is 1. The van der Waals surface area contributed by atoms with Gasteiger partial charge in [0, 0.05) is 61.2 Å². The Labute approximate surface area is 258 Å². The van der Waals surface area contributed by atoms with Gasteiger partial charge in [0.05, 0.1) is 18.8 Å². The molecule has 0 bridgehead atoms. The zero-order chi connectivity index (χ0) is 31.6. The van der Waals surface area contributed by atoms with Crippen LogP contribution in [0.2, 0.25) is 5.02 Å². The molecule has 3 heterocycles. The molecule has 9 nitrogen and oxygen atoms in total. The van der Waals surface area contributed by atoms with E-state index in [-0.39, 0.29) is 18.6 Å². The first-order chi connectivity index (χ1) is 20.9. The van der Waals surface area contributed by atoms with Crippen molar-refractivity contribution in [2.45, 2.75) is 38.9 Å². The van der Waals surface area contributed by atoms with Crippen molar-refractivity contribution in [2.24, 2.45) is 5.92 Å². The molecule has 2 aliphatic heterocycles. The van der Waals surface area contributed by atoms with E-state index in [1.807, 2.05) is 49.1 Å². The lowest BCUT2D eigenvalue weighted by molar-refractivity contribution is -0.145. The lowest BCUT2D eigenvalue weighted by atomic mass is 9.99. The largest absolute Gasteiger partial charge is 0.478 e. The second-order valence-corrected chi connectivity index (χ2v) is 12.0. The zero-order valence-corrected chi connectivity index (χ0v) is 25.3. The van der Waals surface area contributed by atoms with Gasteiger partial charge in [0.15, 0.2) is 5.69 Å². The predicted octanol–water partition coefficient (Wildman–Crippen LogP) is 6.68. The minimum atomic E-state index is -4.86. The van der Waals surface area contributed by atoms with Gasteiger partial charge in [0.1, 0.15) is 5.56 Å². The predicted molar refractivity (Wildman–Crippen MR) is 162 cm³/mol. The number of hydrogen-bond donors (Lipinski definition) is 1. The molecule has 3 aromatic rings. The van der Waals surface area contributed by atoms with Crippen molar-refractivity contribution in [2.75, 3.05) is 55.7 Å². The van der Waals surface area contributed by atoms with Crippen molar-refractivity contribution < 1.29 is 32.6 Å². The van der Waals surface area contributed by atoms with Crippen LogP contribution in [0.25, 0.3) is 11.1 Å². The Morgan fingerprint density at radius 3 is 2.39 bits per heavy atom. The smallest absolute Gasteiger partial charge is 0.433 e. The molecule has 5 rings (SSSR count). The molecule has 1 N–H and O–H groups in total. The number of carbonyl (C=O) groups is 2. The minimum absolute atomic E-state index is 0.207. The van der Waals surface area contributed by atoms with Gasteiger partial charge in [-0.1, -0.05) is 43.6 Å². The molecule has 2 aliphatic rings. The maximum absolute atomic E-state index is 13.9. The summed E-state index contributed by atoms with van der Waals surface area (Å²) in [5.74, 6) is -1.38. The number of halogens is 4. The van der Waals surface area contributed by atoms with Crippen LogP contribution in [-0.2, 0) is 10.9 Å². The maximum atomic E-state index is 13.9. The number of rotatable bonds is 7. The van der Waals surface area contributed by atoms with Gasteiger partial charge in [-0.15, -0.1) is 0 Å². The third-order valence-corrected chi connectivity index (χ3v) is 8.19. The Morgan fingerprint density at radius 1 is 1.05 bits per heavy atom. The van der Waals surface area contributed by atoms with Gasteiger partial charge in [0.25, 0.3) is 0 Å². The van der Waals surface area contributed by atoms with E-state index in [0.717, 1.165) is 33.4 Å². The highest BCUT2D eigenvalue weighted by Crippen LogP contribution is 2.39. The van der Waals surface area contributed by atoms with Crippen LogP contribution in [-0.4, -0.2) is 77.7 Å². The molecule has 2 saturated heterocycles. The number of nitrogens with zero attached hydrogens (tertiary/aromatic N) is 5. The monoisotopic (exact) mass is 633 g/mol. The molecule has 1 atom stereocenters. The van der Waals surface area contributed by atoms with Crippen LogP contribution in [0.1, 0.15) is 48.8 Å². The summed E-state index contributed by atoms with van der Waals surface area (Å²) in [6.45, 7) is 7.68. The summed E-state index contributed by atoms with van der Waals surface area (Å²) in [6.07, 6.45) is -3.36. The molecule has 1 amide bonds. The van der Waals surface area contributed by atoms with Gasteiger partial charge < -0.3 is 24.5 Å². The van der Waals surface area contributed by atoms with E-state index in [0.29, 0.717) is 57.2 Å². The number of aromatic carboxylic acids is 1. The molecule has 2 aromatic carbocycles. The van der Waals surface area contributed by atoms with Crippen LogP contribution < -0.4 is 9.80 Å². The van der Waals surface area contributed by atoms with E-state index in [4.69, 9.17) is 16.3 Å². The van der Waals surface area contributed by atoms with Crippen LogP contribution in [0.15, 0.2) is 48.7 Å². The van der Waals surface area contributed by atoms with E-state index in [9.17, 15) is 27.9 Å². The van der Waals surface area contributed by atoms with Crippen molar-refractivity contribution in [1.82, 2.24) is 14.7 Å². The molecule has 1 aromatic heterocycles. The Hall–Kier alpha value is -3.93. The molecule has 0 radical (unpaired) electrons. The molecule has 236 valence electrons. The first kappa shape index (κ1) is 31.5. The van der Waals surface area contributed by atoms with Crippen molar-refractivity contribution >= 4 is 35.0 Å². The molecule has 0 spiro atoms. The Kier molecular flexibility index (Phi) is 9.28. The lowest BCUT2D eigenvalue weighted by Gasteiger charge is -2.36. The topological polar surface area (TPSA) is 91.1 Å². The van der Waals surface area contributed by atoms with E-state index < -0.39 is 29.4 Å². The van der Waals surface area contributed by atoms with Gasteiger partial charge in [-0.05, 0) is 48.6 Å². The highest BCUT2D eigenvalue weighted by Gasteiger charge is 2.42. The number of piperazine rings is 1. The standard InChI is InChI=1S/C31H35ClF3N5O4/c1-20(2)19-44-30(43)38-14-12-37(13-15-38)23-8-5-21(6-9-23)25-10-7-22(32)16-27(25)39-11-3-4-24(18-39)40-28(31(33,34)35)26(17-36-40)29(41)42/h5-10,16-17,20,24H,3-4,11-15,18-19H2,1-2H3,(H,41,42). The van der Waals surface area contributed by atoms with Gasteiger partial charge in [-0.3, -0.25) is 4.68 Å². The number of carboxylic acids is 1. The summed E-state index contributed by atoms with van der Waals surface area (Å²) in [5.41, 5.74) is 1.49. The molecular formula is C31H35ClF3N5O4. The average Bonchev–Trinajstić information content (AvgIpc) is 3.47. The summed E-state index contributed by atoms with van der Waals surface area (Å²) in [6, 6.07) is 12.9. The summed E-state index contributed by atoms with van der Waals surface area (Å²) in [4.78, 5) is 29.7. The maximum Gasteiger partial charge on any atom is 0.433 e. The summed E-state index contributed by atoms with van der Waals surface area (Å²) in [5, 5.41) is 13.7. The third-order valence-electron chi connectivity index (χ3n) is 7.96. The molecule has 0 aliphatic carbocycles. The highest BCUT2D eigenvalue weighted by molar-refractivity contribution is 6.31. The Balaban J connectivity index is 1.32. The normalized spacial score (nSPS) is 17.7. The fraction of sp³-hybridized carbons (Fsp3) is 0.452. The second kappa shape index (κ2) is 13.0. The van der Waals surface area contributed by atoms with Crippen molar-refractivity contribution in [3.8, 4) is 11.1 Å². The number of benzene rings is 2. The number of piperidine rings is 1. The lowest BCUT2D eigenvalue weighted by Crippen LogP contribution is -2.49. The number of anilines is 2. The van der Waals surface area contributed by atoms with Crippen LogP contribution in [0.5, 0.6) is 0 Å². The van der Waals surface area contributed by atoms with E-state index in [1.54, 1.807) is 17.0 Å². The van der Waals surface area contributed by atoms with Crippen molar-refractivity contribution in [3.05, 3.63) is 64.9 Å². The number of hydrogen-bond acceptors (Lipinski definition) is 6. The summed E-state index contributed by atoms with van der Waals surface area (Å²) in [7, 11) is 0. The van der Waals surface area contributed by atoms with E-state index in [2.05, 4.69) is 10.00 Å². The van der Waals surface area contributed by atoms with Crippen LogP contribution in [0.4, 0.5) is 29.3 Å². The molecule has 44 heavy (non-hydrogen) atoms. The third kappa shape index (κ3) is 6.90. The molecule has 0 saturated carbocycles. The Morgan fingerprint density at radius 2 is 1.75 bits per heavy atom. The zero-order valence-electron chi connectivity index (χ0n) is 24.6. The number of alkyl halides is 3. The van der Waals surface area contributed by atoms with E-state index in [1.165, 1.54) is 0 Å². The molecule has 2 fully saturated rings. The van der Waals surface area contributed by atoms with Crippen molar-refractivity contribution in [1.29, 1.82) is 0 Å². The quantitative estimate of drug-likeness (QED) is 0.311. The van der Waals surface area contributed by atoms with Crippen LogP contribution in [0.3, 0.4) is 0 Å². The Bertz CT molecular complexity index is 1490. The molecule has 13 heteroatoms. The van der Waals surface area contributed by atoms with E-state index >= 15 is 0 Å². The van der Waals surface area contributed by atoms with Crippen molar-refractivity contribution in [3.63, 3.8) is 0 Å². The molecular weight excluding hydrogens is 599 g/mol. The number of aromatic nitrogens is 2. The number of carboxylic acid groups (broad SMARTS) is 1. The summed E-state index contributed by atoms with van der Waals surface area (Å²) < 4.78 is 47.9. The average molecular weight is 634 g/mol. The SMILES string of the molecule is CC(C)COC(=O)N1CCN(c2ccc(-c3ccc(Cl)cc3N3CCCC(n4ncc(C(=O)O)c4C(F)(F)F)C3)cc2)CC1. The fourth-order valence-electron chi connectivity index (χ4n) is 5.79. The number of amides is 1. The van der Waals surface area contributed by atoms with Gasteiger partial charge >= 0.3 is 18.2 Å². The van der Waals surface area contributed by atoms with Gasteiger partial charge in [0.2, 0.25) is 0 Å². The summed E-state index contributed by atoms with van der Waals surface area (Å²) >= 11 is 6.39. The second-order valence-electron chi connectivity index (χ2n) is 11.5. The van der Waals surface area contributed by atoms with Gasteiger partial charge in [-0.2, -0.15) is 18.3 Å². The molecule has 1 unspecified atom stereocenters. The van der Waals surface area contributed by atoms with Crippen LogP contribution in [0, 0.1) is 5.92 Å². The fourth-order valence-corrected chi connectivity index (χ4v) is 5.96. The minimum Gasteiger partial charge on any atom is -0.478 e. The van der Waals surface area contributed by atoms with Gasteiger partial charge in [-0.25, -0.2) is 9.59 Å². The number of ether oxygens (including phenoxy) is 1. The first-order valence-corrected chi connectivity index (χ1v) is 15.0. The highest BCUT2D eigenvalue weighted by atomic mass is 35.5. The van der Waals surface area contributed by atoms with Crippen LogP contribution >= 0.6 is 11.6 Å². The first-order valence-electron chi connectivity index (χ1n) is 14.6.